The zero-order valence-electron chi connectivity index (χ0n) is 26.7. The molecule has 0 amide bonds. The number of fused-ring (bicyclic) bond motifs is 6. The van der Waals surface area contributed by atoms with Crippen LogP contribution in [0.1, 0.15) is 0 Å². The van der Waals surface area contributed by atoms with Crippen molar-refractivity contribution < 1.29 is 4.42 Å². The molecule has 0 aliphatic carbocycles. The first-order chi connectivity index (χ1) is 24.3. The molecular formula is C48H30O. The lowest BCUT2D eigenvalue weighted by atomic mass is 9.84. The lowest BCUT2D eigenvalue weighted by Crippen LogP contribution is -1.91. The molecule has 0 atom stereocenters. The molecule has 9 aromatic carbocycles. The quantitative estimate of drug-likeness (QED) is 0.178. The molecule has 0 saturated heterocycles. The van der Waals surface area contributed by atoms with Crippen molar-refractivity contribution in [2.75, 3.05) is 0 Å². The lowest BCUT2D eigenvalue weighted by molar-refractivity contribution is 0.669. The minimum absolute atomic E-state index is 0.902. The Balaban J connectivity index is 1.22. The van der Waals surface area contributed by atoms with Gasteiger partial charge in [-0.15, -0.1) is 0 Å². The van der Waals surface area contributed by atoms with Crippen molar-refractivity contribution >= 4 is 54.3 Å². The molecule has 1 heteroatoms. The van der Waals surface area contributed by atoms with Gasteiger partial charge in [0.05, 0.1) is 0 Å². The maximum atomic E-state index is 6.50. The van der Waals surface area contributed by atoms with Gasteiger partial charge in [-0.1, -0.05) is 152 Å². The highest BCUT2D eigenvalue weighted by Crippen LogP contribution is 2.47. The molecule has 0 N–H and O–H groups in total. The molecule has 1 heterocycles. The van der Waals surface area contributed by atoms with Crippen LogP contribution in [0.2, 0.25) is 0 Å². The highest BCUT2D eigenvalue weighted by Gasteiger charge is 2.20. The van der Waals surface area contributed by atoms with Crippen molar-refractivity contribution in [1.29, 1.82) is 0 Å². The SMILES string of the molecule is c1ccc(-c2ccc3cc(-c4c5ccccc5c(-c5cccc6oc7ccc(-c8ccccc8)cc7c56)c5ccccc45)ccc3c2)cc1. The lowest BCUT2D eigenvalue weighted by Gasteiger charge is -2.18. The fraction of sp³-hybridized carbons (Fsp3) is 0. The molecule has 0 saturated carbocycles. The minimum atomic E-state index is 0.902. The van der Waals surface area contributed by atoms with Gasteiger partial charge in [-0.25, -0.2) is 0 Å². The van der Waals surface area contributed by atoms with E-state index in [9.17, 15) is 0 Å². The molecule has 10 rings (SSSR count). The smallest absolute Gasteiger partial charge is 0.136 e. The van der Waals surface area contributed by atoms with Gasteiger partial charge in [0, 0.05) is 10.8 Å². The average Bonchev–Trinajstić information content (AvgIpc) is 3.56. The van der Waals surface area contributed by atoms with E-state index in [0.29, 0.717) is 0 Å². The summed E-state index contributed by atoms with van der Waals surface area (Å²) < 4.78 is 6.50. The standard InChI is InChI=1S/C48H30O/c1-3-12-31(13-4-1)33-22-23-35-29-37(25-24-34(35)28-33)46-38-16-7-9-18-40(38)47(41-19-10-8-17-39(41)46)42-20-11-21-45-48(42)43-30-36(26-27-44(43)49-45)32-14-5-2-6-15-32/h1-30H. The fourth-order valence-corrected chi connectivity index (χ4v) is 7.79. The Hall–Kier alpha value is -6.44. The zero-order valence-corrected chi connectivity index (χ0v) is 26.7. The number of rotatable bonds is 4. The number of hydrogen-bond acceptors (Lipinski definition) is 1. The van der Waals surface area contributed by atoms with E-state index in [4.69, 9.17) is 4.42 Å². The van der Waals surface area contributed by atoms with Crippen molar-refractivity contribution in [2.45, 2.75) is 0 Å². The third-order valence-corrected chi connectivity index (χ3v) is 10.0. The Kier molecular flexibility index (Phi) is 6.25. The minimum Gasteiger partial charge on any atom is -0.456 e. The van der Waals surface area contributed by atoms with Gasteiger partial charge >= 0.3 is 0 Å². The molecule has 1 aromatic heterocycles. The Morgan fingerprint density at radius 3 is 1.43 bits per heavy atom. The van der Waals surface area contributed by atoms with Crippen molar-refractivity contribution in [3.63, 3.8) is 0 Å². The fourth-order valence-electron chi connectivity index (χ4n) is 7.79. The third-order valence-electron chi connectivity index (χ3n) is 10.0. The summed E-state index contributed by atoms with van der Waals surface area (Å²) >= 11 is 0. The van der Waals surface area contributed by atoms with E-state index in [-0.39, 0.29) is 0 Å². The largest absolute Gasteiger partial charge is 0.456 e. The Morgan fingerprint density at radius 2 is 0.796 bits per heavy atom. The predicted octanol–water partition coefficient (Wildman–Crippen LogP) is 13.7. The first kappa shape index (κ1) is 27.7. The topological polar surface area (TPSA) is 13.1 Å². The van der Waals surface area contributed by atoms with E-state index in [1.165, 1.54) is 76.8 Å². The van der Waals surface area contributed by atoms with E-state index in [0.717, 1.165) is 21.9 Å². The maximum absolute atomic E-state index is 6.50. The van der Waals surface area contributed by atoms with E-state index in [1.807, 2.05) is 0 Å². The monoisotopic (exact) mass is 622 g/mol. The molecule has 49 heavy (non-hydrogen) atoms. The summed E-state index contributed by atoms with van der Waals surface area (Å²) in [4.78, 5) is 0. The first-order valence-electron chi connectivity index (χ1n) is 16.8. The highest BCUT2D eigenvalue weighted by molar-refractivity contribution is 6.26. The number of benzene rings is 9. The van der Waals surface area contributed by atoms with Crippen LogP contribution in [-0.4, -0.2) is 0 Å². The van der Waals surface area contributed by atoms with Crippen molar-refractivity contribution in [3.8, 4) is 44.5 Å². The molecule has 0 unspecified atom stereocenters. The molecule has 10 aromatic rings. The number of furan rings is 1. The molecule has 0 spiro atoms. The summed E-state index contributed by atoms with van der Waals surface area (Å²) in [5.41, 5.74) is 11.6. The van der Waals surface area contributed by atoms with Gasteiger partial charge in [0.15, 0.2) is 0 Å². The van der Waals surface area contributed by atoms with Crippen molar-refractivity contribution in [1.82, 2.24) is 0 Å². The second-order valence-corrected chi connectivity index (χ2v) is 12.8. The Morgan fingerprint density at radius 1 is 0.286 bits per heavy atom. The average molecular weight is 623 g/mol. The van der Waals surface area contributed by atoms with Crippen LogP contribution in [0.4, 0.5) is 0 Å². The summed E-state index contributed by atoms with van der Waals surface area (Å²) in [7, 11) is 0. The van der Waals surface area contributed by atoms with E-state index in [2.05, 4.69) is 182 Å². The molecule has 0 aliphatic rings. The molecule has 1 nitrogen and oxygen atoms in total. The van der Waals surface area contributed by atoms with E-state index in [1.54, 1.807) is 0 Å². The second-order valence-electron chi connectivity index (χ2n) is 12.8. The highest BCUT2D eigenvalue weighted by atomic mass is 16.3. The third kappa shape index (κ3) is 4.47. The first-order valence-corrected chi connectivity index (χ1v) is 16.8. The van der Waals surface area contributed by atoms with Crippen LogP contribution >= 0.6 is 0 Å². The Bertz CT molecular complexity index is 2800. The molecule has 0 radical (unpaired) electrons. The van der Waals surface area contributed by atoms with Gasteiger partial charge in [-0.2, -0.15) is 0 Å². The van der Waals surface area contributed by atoms with Crippen LogP contribution in [0.25, 0.3) is 98.8 Å². The predicted molar refractivity (Wildman–Crippen MR) is 208 cm³/mol. The normalized spacial score (nSPS) is 11.7. The van der Waals surface area contributed by atoms with Crippen molar-refractivity contribution in [2.24, 2.45) is 0 Å². The molecule has 228 valence electrons. The van der Waals surface area contributed by atoms with Crippen LogP contribution in [0, 0.1) is 0 Å². The maximum Gasteiger partial charge on any atom is 0.136 e. The summed E-state index contributed by atoms with van der Waals surface area (Å²) in [6.45, 7) is 0. The van der Waals surface area contributed by atoms with Gasteiger partial charge in [0.1, 0.15) is 11.2 Å². The zero-order chi connectivity index (χ0) is 32.3. The number of hydrogen-bond donors (Lipinski definition) is 0. The van der Waals surface area contributed by atoms with Crippen molar-refractivity contribution in [3.05, 3.63) is 182 Å². The van der Waals surface area contributed by atoms with Gasteiger partial charge in [-0.3, -0.25) is 0 Å². The van der Waals surface area contributed by atoms with E-state index >= 15 is 0 Å². The summed E-state index contributed by atoms with van der Waals surface area (Å²) in [6, 6.07) is 65.7. The van der Waals surface area contributed by atoms with Crippen LogP contribution in [-0.2, 0) is 0 Å². The van der Waals surface area contributed by atoms with Crippen LogP contribution in [0.15, 0.2) is 186 Å². The molecular weight excluding hydrogens is 593 g/mol. The van der Waals surface area contributed by atoms with Crippen LogP contribution in [0.3, 0.4) is 0 Å². The van der Waals surface area contributed by atoms with Crippen LogP contribution < -0.4 is 0 Å². The van der Waals surface area contributed by atoms with Gasteiger partial charge in [-0.05, 0) is 107 Å². The summed E-state index contributed by atoms with van der Waals surface area (Å²) in [5, 5.41) is 9.71. The molecule has 0 bridgehead atoms. The van der Waals surface area contributed by atoms with Gasteiger partial charge in [0.2, 0.25) is 0 Å². The summed E-state index contributed by atoms with van der Waals surface area (Å²) in [6.07, 6.45) is 0. The van der Waals surface area contributed by atoms with E-state index < -0.39 is 0 Å². The van der Waals surface area contributed by atoms with Gasteiger partial charge < -0.3 is 4.42 Å². The molecule has 0 fully saturated rings. The summed E-state index contributed by atoms with van der Waals surface area (Å²) in [5.74, 6) is 0. The molecule has 0 aliphatic heterocycles. The van der Waals surface area contributed by atoms with Gasteiger partial charge in [0.25, 0.3) is 0 Å². The Labute approximate surface area is 284 Å². The van der Waals surface area contributed by atoms with Crippen LogP contribution in [0.5, 0.6) is 0 Å². The second kappa shape index (κ2) is 11.1.